The van der Waals surface area contributed by atoms with Crippen molar-refractivity contribution in [3.8, 4) is 0 Å². The van der Waals surface area contributed by atoms with Gasteiger partial charge in [0.15, 0.2) is 0 Å². The van der Waals surface area contributed by atoms with Gasteiger partial charge in [0, 0.05) is 20.4 Å². The molecule has 0 spiro atoms. The van der Waals surface area contributed by atoms with Crippen LogP contribution in [0.15, 0.2) is 34.5 Å². The zero-order valence-corrected chi connectivity index (χ0v) is 8.54. The normalized spacial score (nSPS) is 10.8. The predicted molar refractivity (Wildman–Crippen MR) is 58.2 cm³/mol. The lowest BCUT2D eigenvalue weighted by Gasteiger charge is -1.93. The van der Waals surface area contributed by atoms with Crippen LogP contribution in [0.1, 0.15) is 6.92 Å². The van der Waals surface area contributed by atoms with Crippen molar-refractivity contribution in [1.82, 2.24) is 0 Å². The van der Waals surface area contributed by atoms with Crippen molar-refractivity contribution in [1.29, 1.82) is 0 Å². The molecule has 2 rings (SSSR count). The van der Waals surface area contributed by atoms with Gasteiger partial charge in [-0.15, -0.1) is 23.1 Å². The highest BCUT2D eigenvalue weighted by molar-refractivity contribution is 7.99. The number of thioether (sulfide) groups is 1. The molecule has 0 radical (unpaired) electrons. The van der Waals surface area contributed by atoms with Gasteiger partial charge in [-0.05, 0) is 11.8 Å². The highest BCUT2D eigenvalue weighted by Crippen LogP contribution is 2.32. The molecule has 0 nitrogen and oxygen atoms in total. The molecule has 2 heteroatoms. The molecule has 0 aliphatic heterocycles. The van der Waals surface area contributed by atoms with E-state index >= 15 is 0 Å². The molecule has 2 aromatic rings. The van der Waals surface area contributed by atoms with Crippen LogP contribution in [0.5, 0.6) is 0 Å². The molecular formula is C10H10S2. The van der Waals surface area contributed by atoms with E-state index in [1.807, 2.05) is 23.1 Å². The number of hydrogen-bond acceptors (Lipinski definition) is 2. The van der Waals surface area contributed by atoms with Gasteiger partial charge < -0.3 is 0 Å². The Kier molecular flexibility index (Phi) is 2.38. The molecule has 1 aromatic heterocycles. The first kappa shape index (κ1) is 8.14. The third kappa shape index (κ3) is 1.37. The van der Waals surface area contributed by atoms with E-state index < -0.39 is 0 Å². The zero-order valence-electron chi connectivity index (χ0n) is 6.91. The highest BCUT2D eigenvalue weighted by atomic mass is 32.2. The number of thiophene rings is 1. The minimum Gasteiger partial charge on any atom is -0.143 e. The second kappa shape index (κ2) is 3.50. The van der Waals surface area contributed by atoms with Crippen molar-refractivity contribution in [2.75, 3.05) is 5.75 Å². The Labute approximate surface area is 80.6 Å². The van der Waals surface area contributed by atoms with Gasteiger partial charge in [0.05, 0.1) is 0 Å². The van der Waals surface area contributed by atoms with Crippen molar-refractivity contribution in [3.05, 3.63) is 29.6 Å². The molecule has 62 valence electrons. The fourth-order valence-corrected chi connectivity index (χ4v) is 3.17. The quantitative estimate of drug-likeness (QED) is 0.651. The van der Waals surface area contributed by atoms with Crippen LogP contribution in [-0.2, 0) is 0 Å². The first-order chi connectivity index (χ1) is 5.92. The highest BCUT2D eigenvalue weighted by Gasteiger charge is 2.01. The van der Waals surface area contributed by atoms with Crippen LogP contribution in [0.25, 0.3) is 10.1 Å². The average molecular weight is 194 g/mol. The molecule has 0 N–H and O–H groups in total. The zero-order chi connectivity index (χ0) is 8.39. The third-order valence-electron chi connectivity index (χ3n) is 1.75. The van der Waals surface area contributed by atoms with Crippen LogP contribution in [-0.4, -0.2) is 5.75 Å². The molecule has 1 heterocycles. The Morgan fingerprint density at radius 1 is 1.33 bits per heavy atom. The maximum atomic E-state index is 2.25. The van der Waals surface area contributed by atoms with E-state index in [2.05, 4.69) is 36.6 Å². The largest absolute Gasteiger partial charge is 0.143 e. The van der Waals surface area contributed by atoms with Crippen LogP contribution in [0, 0.1) is 0 Å². The van der Waals surface area contributed by atoms with Gasteiger partial charge in [0.1, 0.15) is 0 Å². The molecular weight excluding hydrogens is 184 g/mol. The predicted octanol–water partition coefficient (Wildman–Crippen LogP) is 4.01. The SMILES string of the molecule is CCSc1csc2ccccc12. The molecule has 0 aliphatic carbocycles. The van der Waals surface area contributed by atoms with Crippen molar-refractivity contribution in [2.45, 2.75) is 11.8 Å². The number of rotatable bonds is 2. The topological polar surface area (TPSA) is 0 Å². The number of hydrogen-bond donors (Lipinski definition) is 0. The third-order valence-corrected chi connectivity index (χ3v) is 3.80. The molecule has 0 aliphatic rings. The maximum Gasteiger partial charge on any atom is 0.0354 e. The van der Waals surface area contributed by atoms with E-state index in [1.165, 1.54) is 15.0 Å². The number of benzene rings is 1. The standard InChI is InChI=1S/C10H10S2/c1-2-11-10-7-12-9-6-4-3-5-8(9)10/h3-7H,2H2,1H3. The van der Waals surface area contributed by atoms with Crippen LogP contribution in [0.3, 0.4) is 0 Å². The van der Waals surface area contributed by atoms with E-state index in [0.717, 1.165) is 5.75 Å². The van der Waals surface area contributed by atoms with Crippen molar-refractivity contribution < 1.29 is 0 Å². The van der Waals surface area contributed by atoms with Crippen LogP contribution >= 0.6 is 23.1 Å². The van der Waals surface area contributed by atoms with E-state index in [-0.39, 0.29) is 0 Å². The summed E-state index contributed by atoms with van der Waals surface area (Å²) in [4.78, 5) is 1.43. The first-order valence-electron chi connectivity index (χ1n) is 4.01. The van der Waals surface area contributed by atoms with Gasteiger partial charge >= 0.3 is 0 Å². The summed E-state index contributed by atoms with van der Waals surface area (Å²) in [7, 11) is 0. The fourth-order valence-electron chi connectivity index (χ4n) is 1.22. The Balaban J connectivity index is 2.55. The van der Waals surface area contributed by atoms with E-state index in [9.17, 15) is 0 Å². The van der Waals surface area contributed by atoms with Gasteiger partial charge in [0.2, 0.25) is 0 Å². The summed E-state index contributed by atoms with van der Waals surface area (Å²) in [6, 6.07) is 8.58. The number of fused-ring (bicyclic) bond motifs is 1. The van der Waals surface area contributed by atoms with Crippen molar-refractivity contribution >= 4 is 33.2 Å². The summed E-state index contributed by atoms with van der Waals surface area (Å²) in [5.74, 6) is 1.15. The van der Waals surface area contributed by atoms with E-state index in [4.69, 9.17) is 0 Å². The lowest BCUT2D eigenvalue weighted by atomic mass is 10.3. The van der Waals surface area contributed by atoms with Crippen molar-refractivity contribution in [2.24, 2.45) is 0 Å². The lowest BCUT2D eigenvalue weighted by molar-refractivity contribution is 1.50. The second-order valence-electron chi connectivity index (χ2n) is 2.53. The minimum atomic E-state index is 1.15. The van der Waals surface area contributed by atoms with E-state index in [1.54, 1.807) is 0 Å². The van der Waals surface area contributed by atoms with Crippen LogP contribution in [0.4, 0.5) is 0 Å². The Bertz CT molecular complexity index is 376. The van der Waals surface area contributed by atoms with Gasteiger partial charge in [-0.25, -0.2) is 0 Å². The smallest absolute Gasteiger partial charge is 0.0354 e. The van der Waals surface area contributed by atoms with Gasteiger partial charge in [-0.1, -0.05) is 25.1 Å². The molecule has 0 unspecified atom stereocenters. The lowest BCUT2D eigenvalue weighted by Crippen LogP contribution is -1.68. The molecule has 0 fully saturated rings. The van der Waals surface area contributed by atoms with Crippen LogP contribution < -0.4 is 0 Å². The molecule has 1 aromatic carbocycles. The first-order valence-corrected chi connectivity index (χ1v) is 5.87. The summed E-state index contributed by atoms with van der Waals surface area (Å²) in [6.45, 7) is 2.19. The molecule has 0 amide bonds. The van der Waals surface area contributed by atoms with E-state index in [0.29, 0.717) is 0 Å². The summed E-state index contributed by atoms with van der Waals surface area (Å²) < 4.78 is 1.40. The molecule has 0 saturated carbocycles. The minimum absolute atomic E-state index is 1.15. The summed E-state index contributed by atoms with van der Waals surface area (Å²) in [6.07, 6.45) is 0. The van der Waals surface area contributed by atoms with Crippen molar-refractivity contribution in [3.63, 3.8) is 0 Å². The van der Waals surface area contributed by atoms with Gasteiger partial charge in [0.25, 0.3) is 0 Å². The average Bonchev–Trinajstić information content (AvgIpc) is 2.50. The van der Waals surface area contributed by atoms with Crippen LogP contribution in [0.2, 0.25) is 0 Å². The maximum absolute atomic E-state index is 2.25. The fraction of sp³-hybridized carbons (Fsp3) is 0.200. The monoisotopic (exact) mass is 194 g/mol. The Morgan fingerprint density at radius 3 is 3.00 bits per heavy atom. The summed E-state index contributed by atoms with van der Waals surface area (Å²) in [5, 5.41) is 3.66. The second-order valence-corrected chi connectivity index (χ2v) is 4.75. The summed E-state index contributed by atoms with van der Waals surface area (Å²) >= 11 is 3.75. The molecule has 0 bridgehead atoms. The van der Waals surface area contributed by atoms with Gasteiger partial charge in [-0.3, -0.25) is 0 Å². The Morgan fingerprint density at radius 2 is 2.17 bits per heavy atom. The summed E-state index contributed by atoms with van der Waals surface area (Å²) in [5.41, 5.74) is 0. The Hall–Kier alpha value is -0.470. The van der Waals surface area contributed by atoms with Gasteiger partial charge in [-0.2, -0.15) is 0 Å². The molecule has 0 atom stereocenters. The molecule has 12 heavy (non-hydrogen) atoms. The molecule has 0 saturated heterocycles.